The maximum absolute atomic E-state index is 12.7. The van der Waals surface area contributed by atoms with Gasteiger partial charge in [0.15, 0.2) is 0 Å². The third-order valence-corrected chi connectivity index (χ3v) is 7.26. The van der Waals surface area contributed by atoms with Gasteiger partial charge in [0, 0.05) is 32.7 Å². The molecule has 30 heavy (non-hydrogen) atoms. The van der Waals surface area contributed by atoms with Crippen molar-refractivity contribution in [2.75, 3.05) is 33.3 Å². The first-order valence-electron chi connectivity index (χ1n) is 10.1. The van der Waals surface area contributed by atoms with Gasteiger partial charge in [-0.15, -0.1) is 0 Å². The van der Waals surface area contributed by atoms with Crippen LogP contribution in [0.4, 0.5) is 0 Å². The number of piperazine rings is 1. The van der Waals surface area contributed by atoms with Crippen LogP contribution in [0.2, 0.25) is 0 Å². The summed E-state index contributed by atoms with van der Waals surface area (Å²) in [6.07, 6.45) is 0. The average molecular weight is 432 g/mol. The van der Waals surface area contributed by atoms with Gasteiger partial charge in [-0.25, -0.2) is 8.42 Å². The molecule has 1 N–H and O–H groups in total. The fourth-order valence-electron chi connectivity index (χ4n) is 3.49. The lowest BCUT2D eigenvalue weighted by molar-refractivity contribution is -0.126. The molecule has 8 heteroatoms. The quantitative estimate of drug-likeness (QED) is 0.690. The van der Waals surface area contributed by atoms with E-state index in [0.717, 1.165) is 16.9 Å². The van der Waals surface area contributed by atoms with Crippen LogP contribution in [-0.4, -0.2) is 62.9 Å². The van der Waals surface area contributed by atoms with Crippen LogP contribution in [0.25, 0.3) is 0 Å². The molecule has 162 valence electrons. The molecule has 0 unspecified atom stereocenters. The van der Waals surface area contributed by atoms with E-state index in [1.807, 2.05) is 66.4 Å². The molecule has 1 amide bonds. The Labute approximate surface area is 178 Å². The molecule has 1 aliphatic rings. The van der Waals surface area contributed by atoms with E-state index < -0.39 is 10.0 Å². The second kappa shape index (κ2) is 10.1. The van der Waals surface area contributed by atoms with Gasteiger partial charge >= 0.3 is 0 Å². The van der Waals surface area contributed by atoms with Crippen molar-refractivity contribution in [3.63, 3.8) is 0 Å². The van der Waals surface area contributed by atoms with E-state index in [1.165, 1.54) is 4.31 Å². The van der Waals surface area contributed by atoms with Gasteiger partial charge in [0.2, 0.25) is 15.9 Å². The Morgan fingerprint density at radius 1 is 1.00 bits per heavy atom. The zero-order chi connectivity index (χ0) is 21.6. The number of rotatable bonds is 8. The van der Waals surface area contributed by atoms with Crippen LogP contribution < -0.4 is 10.1 Å². The van der Waals surface area contributed by atoms with E-state index in [2.05, 4.69) is 5.32 Å². The number of hydrogen-bond acceptors (Lipinski definition) is 5. The minimum atomic E-state index is -3.36. The van der Waals surface area contributed by atoms with Crippen LogP contribution in [0, 0.1) is 0 Å². The Morgan fingerprint density at radius 3 is 2.23 bits per heavy atom. The summed E-state index contributed by atoms with van der Waals surface area (Å²) in [5, 5.41) is 2.95. The second-order valence-corrected chi connectivity index (χ2v) is 9.39. The van der Waals surface area contributed by atoms with Gasteiger partial charge in [-0.1, -0.05) is 42.5 Å². The van der Waals surface area contributed by atoms with Crippen LogP contribution in [0.1, 0.15) is 18.1 Å². The van der Waals surface area contributed by atoms with E-state index in [-0.39, 0.29) is 17.7 Å². The summed E-state index contributed by atoms with van der Waals surface area (Å²) in [6.45, 7) is 4.16. The number of hydrogen-bond donors (Lipinski definition) is 1. The first-order chi connectivity index (χ1) is 14.4. The number of nitrogens with one attached hydrogen (secondary N) is 1. The number of amides is 1. The molecule has 0 spiro atoms. The molecule has 1 aliphatic heterocycles. The van der Waals surface area contributed by atoms with Gasteiger partial charge in [0.05, 0.1) is 18.9 Å². The smallest absolute Gasteiger partial charge is 0.237 e. The molecule has 2 aromatic carbocycles. The Balaban J connectivity index is 1.48. The highest BCUT2D eigenvalue weighted by atomic mass is 32.2. The highest BCUT2D eigenvalue weighted by Gasteiger charge is 2.30. The van der Waals surface area contributed by atoms with Gasteiger partial charge in [-0.2, -0.15) is 4.31 Å². The Hall–Kier alpha value is -2.42. The Kier molecular flexibility index (Phi) is 7.47. The normalized spacial score (nSPS) is 16.7. The van der Waals surface area contributed by atoms with Crippen molar-refractivity contribution in [3.8, 4) is 5.75 Å². The average Bonchev–Trinajstić information content (AvgIpc) is 2.77. The van der Waals surface area contributed by atoms with E-state index in [0.29, 0.717) is 32.7 Å². The van der Waals surface area contributed by atoms with Crippen molar-refractivity contribution in [2.24, 2.45) is 0 Å². The summed E-state index contributed by atoms with van der Waals surface area (Å²) in [5.41, 5.74) is 1.78. The van der Waals surface area contributed by atoms with E-state index in [9.17, 15) is 13.2 Å². The number of methoxy groups -OCH3 is 1. The zero-order valence-corrected chi connectivity index (χ0v) is 18.3. The standard InChI is InChI=1S/C22H29N3O4S/c1-18(22(26)23-16-19-8-10-21(29-2)11-9-19)24-12-14-25(15-13-24)30(27,28)17-20-6-4-3-5-7-20/h3-11,18H,12-17H2,1-2H3,(H,23,26)/t18-/m1/s1. The number of ether oxygens (including phenoxy) is 1. The first-order valence-corrected chi connectivity index (χ1v) is 11.7. The van der Waals surface area contributed by atoms with Crippen LogP contribution in [0.3, 0.4) is 0 Å². The molecule has 1 saturated heterocycles. The molecule has 7 nitrogen and oxygen atoms in total. The molecule has 0 saturated carbocycles. The zero-order valence-electron chi connectivity index (χ0n) is 17.5. The number of sulfonamides is 1. The number of benzene rings is 2. The van der Waals surface area contributed by atoms with Gasteiger partial charge in [-0.3, -0.25) is 9.69 Å². The summed E-state index contributed by atoms with van der Waals surface area (Å²) in [7, 11) is -1.75. The summed E-state index contributed by atoms with van der Waals surface area (Å²) in [6, 6.07) is 16.4. The van der Waals surface area contributed by atoms with Crippen LogP contribution in [-0.2, 0) is 27.1 Å². The van der Waals surface area contributed by atoms with Crippen molar-refractivity contribution in [1.82, 2.24) is 14.5 Å². The third-order valence-electron chi connectivity index (χ3n) is 5.41. The SMILES string of the molecule is COc1ccc(CNC(=O)[C@@H](C)N2CCN(S(=O)(=O)Cc3ccccc3)CC2)cc1. The van der Waals surface area contributed by atoms with Crippen molar-refractivity contribution in [2.45, 2.75) is 25.3 Å². The molecule has 2 aromatic rings. The van der Waals surface area contributed by atoms with E-state index >= 15 is 0 Å². The number of carbonyl (C=O) groups excluding carboxylic acids is 1. The lowest BCUT2D eigenvalue weighted by Crippen LogP contribution is -2.54. The minimum Gasteiger partial charge on any atom is -0.497 e. The molecule has 0 radical (unpaired) electrons. The highest BCUT2D eigenvalue weighted by molar-refractivity contribution is 7.88. The largest absolute Gasteiger partial charge is 0.497 e. The molecule has 1 fully saturated rings. The summed E-state index contributed by atoms with van der Waals surface area (Å²) in [5.74, 6) is 0.719. The molecular weight excluding hydrogens is 402 g/mol. The van der Waals surface area contributed by atoms with E-state index in [4.69, 9.17) is 4.74 Å². The molecule has 0 aromatic heterocycles. The molecule has 3 rings (SSSR count). The van der Waals surface area contributed by atoms with Gasteiger partial charge < -0.3 is 10.1 Å². The lowest BCUT2D eigenvalue weighted by Gasteiger charge is -2.36. The van der Waals surface area contributed by atoms with E-state index in [1.54, 1.807) is 7.11 Å². The topological polar surface area (TPSA) is 79.0 Å². The van der Waals surface area contributed by atoms with Gasteiger partial charge in [0.1, 0.15) is 5.75 Å². The molecule has 1 heterocycles. The molecular formula is C22H29N3O4S. The van der Waals surface area contributed by atoms with Gasteiger partial charge in [0.25, 0.3) is 0 Å². The van der Waals surface area contributed by atoms with Crippen LogP contribution in [0.5, 0.6) is 5.75 Å². The Morgan fingerprint density at radius 2 is 1.63 bits per heavy atom. The highest BCUT2D eigenvalue weighted by Crippen LogP contribution is 2.15. The number of nitrogens with zero attached hydrogens (tertiary/aromatic N) is 2. The second-order valence-electron chi connectivity index (χ2n) is 7.42. The predicted molar refractivity (Wildman–Crippen MR) is 117 cm³/mol. The third kappa shape index (κ3) is 5.81. The first kappa shape index (κ1) is 22.3. The molecule has 0 aliphatic carbocycles. The van der Waals surface area contributed by atoms with Crippen LogP contribution >= 0.6 is 0 Å². The number of carbonyl (C=O) groups is 1. The molecule has 1 atom stereocenters. The maximum atomic E-state index is 12.7. The van der Waals surface area contributed by atoms with Crippen molar-refractivity contribution in [1.29, 1.82) is 0 Å². The minimum absolute atomic E-state index is 0.00570. The van der Waals surface area contributed by atoms with Crippen molar-refractivity contribution in [3.05, 3.63) is 65.7 Å². The predicted octanol–water partition coefficient (Wildman–Crippen LogP) is 1.85. The fourth-order valence-corrected chi connectivity index (χ4v) is 5.01. The lowest BCUT2D eigenvalue weighted by atomic mass is 10.2. The van der Waals surface area contributed by atoms with Crippen LogP contribution in [0.15, 0.2) is 54.6 Å². The summed E-state index contributed by atoms with van der Waals surface area (Å²) in [4.78, 5) is 14.6. The molecule has 0 bridgehead atoms. The van der Waals surface area contributed by atoms with Crippen molar-refractivity contribution >= 4 is 15.9 Å². The summed E-state index contributed by atoms with van der Waals surface area (Å²) < 4.78 is 32.0. The monoisotopic (exact) mass is 431 g/mol. The maximum Gasteiger partial charge on any atom is 0.237 e. The summed E-state index contributed by atoms with van der Waals surface area (Å²) >= 11 is 0. The van der Waals surface area contributed by atoms with Gasteiger partial charge in [-0.05, 0) is 30.2 Å². The fraction of sp³-hybridized carbons (Fsp3) is 0.409. The van der Waals surface area contributed by atoms with Crippen molar-refractivity contribution < 1.29 is 17.9 Å². The Bertz CT molecular complexity index is 925.